The fourth-order valence-electron chi connectivity index (χ4n) is 4.94. The number of ether oxygens (including phenoxy) is 1. The summed E-state index contributed by atoms with van der Waals surface area (Å²) in [5.41, 5.74) is 2.24. The number of hydrogen-bond donors (Lipinski definition) is 1. The Hall–Kier alpha value is -1.63. The molecule has 0 aliphatic carbocycles. The van der Waals surface area contributed by atoms with Crippen molar-refractivity contribution in [3.63, 3.8) is 0 Å². The zero-order valence-corrected chi connectivity index (χ0v) is 20.8. The number of aryl methyl sites for hydroxylation is 2. The van der Waals surface area contributed by atoms with Crippen LogP contribution in [-0.4, -0.2) is 54.3 Å². The number of amides is 1. The molecule has 1 aliphatic rings. The lowest BCUT2D eigenvalue weighted by Gasteiger charge is -2.38. The van der Waals surface area contributed by atoms with Crippen LogP contribution in [0.3, 0.4) is 0 Å². The average molecular weight is 468 g/mol. The predicted octanol–water partition coefficient (Wildman–Crippen LogP) is 5.18. The summed E-state index contributed by atoms with van der Waals surface area (Å²) < 4.78 is 22.2. The Morgan fingerprint density at radius 2 is 2.12 bits per heavy atom. The monoisotopic (exact) mass is 467 g/mol. The molecular formula is C25H39ClFN3O2. The Kier molecular flexibility index (Phi) is 10.5. The van der Waals surface area contributed by atoms with Crippen molar-refractivity contribution in [2.24, 2.45) is 0 Å². The summed E-state index contributed by atoms with van der Waals surface area (Å²) in [5, 5.41) is 4.32. The van der Waals surface area contributed by atoms with E-state index in [1.807, 2.05) is 15.5 Å². The van der Waals surface area contributed by atoms with Crippen molar-refractivity contribution in [2.45, 2.75) is 77.9 Å². The van der Waals surface area contributed by atoms with E-state index in [4.69, 9.17) is 4.74 Å². The largest absolute Gasteiger partial charge is 0.385 e. The second-order valence-electron chi connectivity index (χ2n) is 8.87. The van der Waals surface area contributed by atoms with E-state index in [0.29, 0.717) is 24.4 Å². The number of carbonyl (C=O) groups is 1. The van der Waals surface area contributed by atoms with Crippen LogP contribution in [0, 0.1) is 5.82 Å². The van der Waals surface area contributed by atoms with Gasteiger partial charge < -0.3 is 19.5 Å². The third kappa shape index (κ3) is 5.64. The van der Waals surface area contributed by atoms with Gasteiger partial charge in [-0.15, -0.1) is 12.4 Å². The summed E-state index contributed by atoms with van der Waals surface area (Å²) in [4.78, 5) is 16.1. The molecule has 32 heavy (non-hydrogen) atoms. The lowest BCUT2D eigenvalue weighted by molar-refractivity contribution is 0.0561. The van der Waals surface area contributed by atoms with Crippen molar-refractivity contribution in [3.05, 3.63) is 35.3 Å². The first kappa shape index (κ1) is 26.6. The maximum atomic E-state index is 15.1. The summed E-state index contributed by atoms with van der Waals surface area (Å²) in [7, 11) is 1.69. The number of hydrogen-bond acceptors (Lipinski definition) is 3. The Labute approximate surface area is 198 Å². The van der Waals surface area contributed by atoms with Gasteiger partial charge in [0.25, 0.3) is 5.91 Å². The minimum Gasteiger partial charge on any atom is -0.385 e. The third-order valence-corrected chi connectivity index (χ3v) is 6.28. The van der Waals surface area contributed by atoms with E-state index >= 15 is 4.39 Å². The molecule has 2 aromatic rings. The van der Waals surface area contributed by atoms with E-state index in [9.17, 15) is 4.79 Å². The highest BCUT2D eigenvalue weighted by Crippen LogP contribution is 2.32. The smallest absolute Gasteiger partial charge is 0.271 e. The zero-order chi connectivity index (χ0) is 22.4. The Bertz CT molecular complexity index is 878. The summed E-state index contributed by atoms with van der Waals surface area (Å²) in [6, 6.07) is 5.47. The quantitative estimate of drug-likeness (QED) is 0.489. The van der Waals surface area contributed by atoms with Crippen molar-refractivity contribution in [1.29, 1.82) is 0 Å². The molecule has 1 aromatic heterocycles. The fraction of sp³-hybridized carbons (Fsp3) is 0.640. The second-order valence-corrected chi connectivity index (χ2v) is 8.87. The summed E-state index contributed by atoms with van der Waals surface area (Å²) in [6.07, 6.45) is 5.46. The van der Waals surface area contributed by atoms with Gasteiger partial charge in [-0.2, -0.15) is 0 Å². The van der Waals surface area contributed by atoms with E-state index in [-0.39, 0.29) is 36.2 Å². The summed E-state index contributed by atoms with van der Waals surface area (Å²) in [6.45, 7) is 9.37. The molecule has 1 amide bonds. The van der Waals surface area contributed by atoms with Crippen LogP contribution >= 0.6 is 12.4 Å². The van der Waals surface area contributed by atoms with Crippen molar-refractivity contribution < 1.29 is 13.9 Å². The van der Waals surface area contributed by atoms with Crippen LogP contribution in [0.1, 0.15) is 68.9 Å². The number of carbonyl (C=O) groups excluding carboxylic acids is 1. The number of rotatable bonds is 10. The van der Waals surface area contributed by atoms with Crippen LogP contribution in [-0.2, 0) is 17.7 Å². The number of benzene rings is 1. The molecular weight excluding hydrogens is 429 g/mol. The van der Waals surface area contributed by atoms with E-state index in [0.717, 1.165) is 62.6 Å². The number of fused-ring (bicyclic) bond motifs is 1. The topological polar surface area (TPSA) is 46.5 Å². The molecule has 2 heterocycles. The molecule has 1 N–H and O–H groups in total. The van der Waals surface area contributed by atoms with Gasteiger partial charge in [0.1, 0.15) is 11.5 Å². The van der Waals surface area contributed by atoms with Gasteiger partial charge in [-0.25, -0.2) is 4.39 Å². The van der Waals surface area contributed by atoms with Crippen LogP contribution in [0.25, 0.3) is 10.9 Å². The highest BCUT2D eigenvalue weighted by molar-refractivity contribution is 6.02. The first-order valence-corrected chi connectivity index (χ1v) is 11.8. The van der Waals surface area contributed by atoms with Crippen LogP contribution in [0.2, 0.25) is 0 Å². The minimum absolute atomic E-state index is 0. The van der Waals surface area contributed by atoms with Gasteiger partial charge in [-0.05, 0) is 64.1 Å². The Morgan fingerprint density at radius 1 is 1.34 bits per heavy atom. The molecule has 1 saturated heterocycles. The number of unbranched alkanes of at least 4 members (excludes halogenated alkanes) is 1. The SMILES string of the molecule is CCCc1c(C(=O)N(C(C)C)[C@@H]2CCCNC2)n(CCCCOC)c2c(F)cccc12.Cl. The van der Waals surface area contributed by atoms with Crippen LogP contribution in [0.15, 0.2) is 18.2 Å². The molecule has 5 nitrogen and oxygen atoms in total. The minimum atomic E-state index is -0.254. The summed E-state index contributed by atoms with van der Waals surface area (Å²) >= 11 is 0. The average Bonchev–Trinajstić information content (AvgIpc) is 3.07. The van der Waals surface area contributed by atoms with Crippen LogP contribution in [0.4, 0.5) is 4.39 Å². The molecule has 0 radical (unpaired) electrons. The van der Waals surface area contributed by atoms with E-state index in [2.05, 4.69) is 26.1 Å². The van der Waals surface area contributed by atoms with Crippen molar-refractivity contribution in [2.75, 3.05) is 26.8 Å². The lowest BCUT2D eigenvalue weighted by Crippen LogP contribution is -2.52. The van der Waals surface area contributed by atoms with E-state index < -0.39 is 0 Å². The van der Waals surface area contributed by atoms with Gasteiger partial charge in [-0.3, -0.25) is 4.79 Å². The van der Waals surface area contributed by atoms with E-state index in [1.165, 1.54) is 6.07 Å². The van der Waals surface area contributed by atoms with Crippen LogP contribution < -0.4 is 5.32 Å². The number of nitrogens with zero attached hydrogens (tertiary/aromatic N) is 2. The van der Waals surface area contributed by atoms with E-state index in [1.54, 1.807) is 13.2 Å². The van der Waals surface area contributed by atoms with Gasteiger partial charge in [0.15, 0.2) is 0 Å². The molecule has 3 rings (SSSR count). The molecule has 1 atom stereocenters. The molecule has 0 saturated carbocycles. The van der Waals surface area contributed by atoms with Crippen molar-refractivity contribution in [1.82, 2.24) is 14.8 Å². The maximum absolute atomic E-state index is 15.1. The molecule has 0 bridgehead atoms. The molecule has 0 unspecified atom stereocenters. The van der Waals surface area contributed by atoms with Crippen molar-refractivity contribution in [3.8, 4) is 0 Å². The Morgan fingerprint density at radius 3 is 2.75 bits per heavy atom. The van der Waals surface area contributed by atoms with Gasteiger partial charge in [0, 0.05) is 44.3 Å². The van der Waals surface area contributed by atoms with Gasteiger partial charge in [-0.1, -0.05) is 25.5 Å². The fourth-order valence-corrected chi connectivity index (χ4v) is 4.94. The number of methoxy groups -OCH3 is 1. The van der Waals surface area contributed by atoms with Crippen LogP contribution in [0.5, 0.6) is 0 Å². The first-order chi connectivity index (χ1) is 15.0. The normalized spacial score (nSPS) is 16.4. The van der Waals surface area contributed by atoms with Crippen molar-refractivity contribution >= 4 is 29.2 Å². The molecule has 1 fully saturated rings. The third-order valence-electron chi connectivity index (χ3n) is 6.28. The highest BCUT2D eigenvalue weighted by Gasteiger charge is 2.33. The Balaban J connectivity index is 0.00000363. The number of para-hydroxylation sites is 1. The molecule has 1 aliphatic heterocycles. The van der Waals surface area contributed by atoms with Gasteiger partial charge in [0.2, 0.25) is 0 Å². The molecule has 180 valence electrons. The number of nitrogens with one attached hydrogen (secondary N) is 1. The van der Waals surface area contributed by atoms with Gasteiger partial charge >= 0.3 is 0 Å². The van der Waals surface area contributed by atoms with Gasteiger partial charge in [0.05, 0.1) is 5.52 Å². The summed E-state index contributed by atoms with van der Waals surface area (Å²) in [5.74, 6) is -0.217. The second kappa shape index (κ2) is 12.6. The first-order valence-electron chi connectivity index (χ1n) is 11.8. The standard InChI is InChI=1S/C25H38FN3O2.ClH/c1-5-10-20-21-12-8-13-22(26)23(21)28(15-6-7-16-31-4)24(20)25(30)29(18(2)3)19-11-9-14-27-17-19;/h8,12-13,18-19,27H,5-7,9-11,14-17H2,1-4H3;1H/t19-;/m1./s1. The molecule has 1 aromatic carbocycles. The number of aromatic nitrogens is 1. The number of halogens is 2. The highest BCUT2D eigenvalue weighted by atomic mass is 35.5. The number of piperidine rings is 1. The lowest BCUT2D eigenvalue weighted by atomic mass is 10.0. The molecule has 0 spiro atoms. The predicted molar refractivity (Wildman–Crippen MR) is 131 cm³/mol. The zero-order valence-electron chi connectivity index (χ0n) is 20.0. The molecule has 7 heteroatoms. The maximum Gasteiger partial charge on any atom is 0.271 e.